The molecule has 1 aromatic heterocycles. The maximum atomic E-state index is 12.4. The summed E-state index contributed by atoms with van der Waals surface area (Å²) >= 11 is 1.12. The highest BCUT2D eigenvalue weighted by Gasteiger charge is 2.28. The second-order valence-electron chi connectivity index (χ2n) is 5.48. The van der Waals surface area contributed by atoms with Gasteiger partial charge in [-0.05, 0) is 22.9 Å². The molecule has 0 saturated carbocycles. The molecule has 2 rings (SSSR count). The number of carbonyl (C=O) groups excluding carboxylic acids is 1. The number of rotatable bonds is 7. The van der Waals surface area contributed by atoms with Gasteiger partial charge >= 0.3 is 0 Å². The van der Waals surface area contributed by atoms with Crippen LogP contribution < -0.4 is 10.0 Å². The molecule has 0 aliphatic rings. The standard InChI is InChI=1S/C16H20N2O3S2/c1-12(2)15(18-23(20,21)14-9-6-10-22-14)16(19)17-11-13-7-4-3-5-8-13/h3-10,12,15,18H,11H2,1-2H3,(H,17,19)/t15-/m1/s1. The number of benzene rings is 1. The van der Waals surface area contributed by atoms with E-state index in [4.69, 9.17) is 0 Å². The van der Waals surface area contributed by atoms with E-state index >= 15 is 0 Å². The van der Waals surface area contributed by atoms with E-state index in [1.807, 2.05) is 44.2 Å². The smallest absolute Gasteiger partial charge is 0.250 e. The summed E-state index contributed by atoms with van der Waals surface area (Å²) in [6.45, 7) is 3.98. The molecule has 0 aliphatic heterocycles. The SMILES string of the molecule is CC(C)[C@@H](NS(=O)(=O)c1cccs1)C(=O)NCc1ccccc1. The third-order valence-corrected chi connectivity index (χ3v) is 6.14. The minimum Gasteiger partial charge on any atom is -0.351 e. The van der Waals surface area contributed by atoms with E-state index in [0.717, 1.165) is 16.9 Å². The van der Waals surface area contributed by atoms with Gasteiger partial charge in [0.05, 0.1) is 0 Å². The lowest BCUT2D eigenvalue weighted by molar-refractivity contribution is -0.123. The van der Waals surface area contributed by atoms with Gasteiger partial charge in [-0.1, -0.05) is 50.2 Å². The molecule has 0 aliphatic carbocycles. The van der Waals surface area contributed by atoms with Crippen molar-refractivity contribution in [1.82, 2.24) is 10.0 Å². The monoisotopic (exact) mass is 352 g/mol. The Hall–Kier alpha value is -1.70. The zero-order chi connectivity index (χ0) is 16.9. The number of sulfonamides is 1. The molecule has 1 amide bonds. The van der Waals surface area contributed by atoms with Crippen molar-refractivity contribution >= 4 is 27.3 Å². The number of hydrogen-bond acceptors (Lipinski definition) is 4. The fourth-order valence-corrected chi connectivity index (χ4v) is 4.38. The van der Waals surface area contributed by atoms with E-state index in [1.54, 1.807) is 11.4 Å². The second kappa shape index (κ2) is 7.72. The van der Waals surface area contributed by atoms with Crippen LogP contribution in [0.2, 0.25) is 0 Å². The molecule has 1 atom stereocenters. The van der Waals surface area contributed by atoms with Gasteiger partial charge in [-0.3, -0.25) is 4.79 Å². The van der Waals surface area contributed by atoms with Gasteiger partial charge in [0.25, 0.3) is 10.0 Å². The molecule has 0 saturated heterocycles. The van der Waals surface area contributed by atoms with Crippen LogP contribution in [0.5, 0.6) is 0 Å². The Morgan fingerprint density at radius 3 is 2.39 bits per heavy atom. The lowest BCUT2D eigenvalue weighted by atomic mass is 10.0. The molecule has 0 radical (unpaired) electrons. The van der Waals surface area contributed by atoms with Crippen LogP contribution in [0.15, 0.2) is 52.1 Å². The molecular formula is C16H20N2O3S2. The second-order valence-corrected chi connectivity index (χ2v) is 8.37. The van der Waals surface area contributed by atoms with Gasteiger partial charge in [0.2, 0.25) is 5.91 Å². The van der Waals surface area contributed by atoms with Crippen LogP contribution in [-0.2, 0) is 21.4 Å². The molecule has 124 valence electrons. The molecule has 0 spiro atoms. The van der Waals surface area contributed by atoms with E-state index in [0.29, 0.717) is 6.54 Å². The Labute approximate surface area is 140 Å². The van der Waals surface area contributed by atoms with Crippen molar-refractivity contribution in [3.63, 3.8) is 0 Å². The lowest BCUT2D eigenvalue weighted by Crippen LogP contribution is -2.49. The molecule has 7 heteroatoms. The maximum Gasteiger partial charge on any atom is 0.250 e. The van der Waals surface area contributed by atoms with Gasteiger partial charge in [-0.2, -0.15) is 4.72 Å². The van der Waals surface area contributed by atoms with Crippen molar-refractivity contribution < 1.29 is 13.2 Å². The fraction of sp³-hybridized carbons (Fsp3) is 0.312. The summed E-state index contributed by atoms with van der Waals surface area (Å²) in [7, 11) is -3.68. The first kappa shape index (κ1) is 17.7. The van der Waals surface area contributed by atoms with Crippen molar-refractivity contribution in [2.75, 3.05) is 0 Å². The highest BCUT2D eigenvalue weighted by atomic mass is 32.2. The van der Waals surface area contributed by atoms with E-state index in [2.05, 4.69) is 10.0 Å². The first-order valence-electron chi connectivity index (χ1n) is 7.27. The third kappa shape index (κ3) is 4.89. The summed E-state index contributed by atoms with van der Waals surface area (Å²) in [5.74, 6) is -0.496. The van der Waals surface area contributed by atoms with Crippen LogP contribution >= 0.6 is 11.3 Å². The summed E-state index contributed by atoms with van der Waals surface area (Å²) < 4.78 is 27.3. The van der Waals surface area contributed by atoms with Crippen molar-refractivity contribution in [3.05, 3.63) is 53.4 Å². The molecule has 1 aromatic carbocycles. The Balaban J connectivity index is 2.05. The summed E-state index contributed by atoms with van der Waals surface area (Å²) in [6.07, 6.45) is 0. The summed E-state index contributed by atoms with van der Waals surface area (Å²) in [6, 6.07) is 11.9. The van der Waals surface area contributed by atoms with Crippen molar-refractivity contribution in [1.29, 1.82) is 0 Å². The van der Waals surface area contributed by atoms with Crippen molar-refractivity contribution in [2.45, 2.75) is 30.6 Å². The number of carbonyl (C=O) groups is 1. The zero-order valence-corrected chi connectivity index (χ0v) is 14.7. The predicted octanol–water partition coefficient (Wildman–Crippen LogP) is 2.37. The normalized spacial score (nSPS) is 13.0. The number of thiophene rings is 1. The van der Waals surface area contributed by atoms with Gasteiger partial charge in [0.15, 0.2) is 0 Å². The van der Waals surface area contributed by atoms with Gasteiger partial charge in [0, 0.05) is 6.54 Å². The number of amides is 1. The first-order valence-corrected chi connectivity index (χ1v) is 9.64. The quantitative estimate of drug-likeness (QED) is 0.803. The Bertz CT molecular complexity index is 726. The van der Waals surface area contributed by atoms with Gasteiger partial charge in [0.1, 0.15) is 10.3 Å². The largest absolute Gasteiger partial charge is 0.351 e. The first-order chi connectivity index (χ1) is 10.9. The van der Waals surface area contributed by atoms with Gasteiger partial charge in [-0.15, -0.1) is 11.3 Å². The molecule has 23 heavy (non-hydrogen) atoms. The van der Waals surface area contributed by atoms with E-state index < -0.39 is 16.1 Å². The molecular weight excluding hydrogens is 332 g/mol. The van der Waals surface area contributed by atoms with Gasteiger partial charge in [-0.25, -0.2) is 8.42 Å². The predicted molar refractivity (Wildman–Crippen MR) is 91.6 cm³/mol. The van der Waals surface area contributed by atoms with E-state index in [9.17, 15) is 13.2 Å². The topological polar surface area (TPSA) is 75.3 Å². The number of nitrogens with one attached hydrogen (secondary N) is 2. The molecule has 0 fully saturated rings. The Morgan fingerprint density at radius 2 is 1.83 bits per heavy atom. The lowest BCUT2D eigenvalue weighted by Gasteiger charge is -2.21. The molecule has 5 nitrogen and oxygen atoms in total. The molecule has 1 heterocycles. The molecule has 2 N–H and O–H groups in total. The van der Waals surface area contributed by atoms with Crippen molar-refractivity contribution in [3.8, 4) is 0 Å². The van der Waals surface area contributed by atoms with Crippen LogP contribution in [0.3, 0.4) is 0 Å². The zero-order valence-electron chi connectivity index (χ0n) is 13.0. The Kier molecular flexibility index (Phi) is 5.92. The minimum absolute atomic E-state index is 0.166. The highest BCUT2D eigenvalue weighted by Crippen LogP contribution is 2.17. The summed E-state index contributed by atoms with van der Waals surface area (Å²) in [5, 5.41) is 4.47. The highest BCUT2D eigenvalue weighted by molar-refractivity contribution is 7.91. The summed E-state index contributed by atoms with van der Waals surface area (Å²) in [4.78, 5) is 12.4. The molecule has 0 bridgehead atoms. The molecule has 0 unspecified atom stereocenters. The van der Waals surface area contributed by atoms with Crippen LogP contribution in [0.1, 0.15) is 19.4 Å². The average molecular weight is 352 g/mol. The molecule has 2 aromatic rings. The van der Waals surface area contributed by atoms with Crippen LogP contribution in [0.4, 0.5) is 0 Å². The third-order valence-electron chi connectivity index (χ3n) is 3.30. The van der Waals surface area contributed by atoms with Gasteiger partial charge < -0.3 is 5.32 Å². The fourth-order valence-electron chi connectivity index (χ4n) is 2.03. The van der Waals surface area contributed by atoms with Crippen molar-refractivity contribution in [2.24, 2.45) is 5.92 Å². The van der Waals surface area contributed by atoms with E-state index in [-0.39, 0.29) is 16.0 Å². The average Bonchev–Trinajstić information content (AvgIpc) is 3.06. The minimum atomic E-state index is -3.68. The van der Waals surface area contributed by atoms with Crippen LogP contribution in [0, 0.1) is 5.92 Å². The van der Waals surface area contributed by atoms with Crippen LogP contribution in [0.25, 0.3) is 0 Å². The summed E-state index contributed by atoms with van der Waals surface area (Å²) in [5.41, 5.74) is 0.962. The number of hydrogen-bond donors (Lipinski definition) is 2. The van der Waals surface area contributed by atoms with E-state index in [1.165, 1.54) is 6.07 Å². The maximum absolute atomic E-state index is 12.4. The Morgan fingerprint density at radius 1 is 1.13 bits per heavy atom. The van der Waals surface area contributed by atoms with Crippen LogP contribution in [-0.4, -0.2) is 20.4 Å².